The molecule has 1 saturated heterocycles. The number of ether oxygens (including phenoxy) is 1. The van der Waals surface area contributed by atoms with Crippen LogP contribution in [0.4, 0.5) is 0 Å². The first kappa shape index (κ1) is 15.3. The standard InChI is InChI=1S/C13H23NO3S/c1-9-6-5-7-10(2)14(9)12(15)8-18-11(3)13(16)17-4/h9-11H,5-8H2,1-4H3/t9-,10-,11+/m1/s1. The summed E-state index contributed by atoms with van der Waals surface area (Å²) in [6.07, 6.45) is 3.35. The molecule has 0 spiro atoms. The molecule has 0 N–H and O–H groups in total. The van der Waals surface area contributed by atoms with Crippen LogP contribution in [0.25, 0.3) is 0 Å². The lowest BCUT2D eigenvalue weighted by atomic mass is 9.98. The van der Waals surface area contributed by atoms with Crippen molar-refractivity contribution in [1.82, 2.24) is 4.90 Å². The van der Waals surface area contributed by atoms with E-state index in [1.54, 1.807) is 6.92 Å². The van der Waals surface area contributed by atoms with Gasteiger partial charge in [-0.3, -0.25) is 9.59 Å². The summed E-state index contributed by atoms with van der Waals surface area (Å²) >= 11 is 1.35. The van der Waals surface area contributed by atoms with Crippen molar-refractivity contribution >= 4 is 23.6 Å². The normalized spacial score (nSPS) is 25.7. The summed E-state index contributed by atoms with van der Waals surface area (Å²) in [5.74, 6) is 0.216. The number of piperidine rings is 1. The van der Waals surface area contributed by atoms with Crippen molar-refractivity contribution in [1.29, 1.82) is 0 Å². The third kappa shape index (κ3) is 3.90. The second-order valence-corrected chi connectivity index (χ2v) is 6.24. The molecule has 0 bridgehead atoms. The summed E-state index contributed by atoms with van der Waals surface area (Å²) in [5.41, 5.74) is 0. The van der Waals surface area contributed by atoms with Gasteiger partial charge in [0.1, 0.15) is 5.25 Å². The van der Waals surface area contributed by atoms with E-state index in [1.165, 1.54) is 25.3 Å². The minimum absolute atomic E-state index is 0.135. The molecule has 0 unspecified atom stereocenters. The number of carbonyl (C=O) groups is 2. The van der Waals surface area contributed by atoms with Gasteiger partial charge in [0.15, 0.2) is 0 Å². The number of carbonyl (C=O) groups excluding carboxylic acids is 2. The van der Waals surface area contributed by atoms with Crippen molar-refractivity contribution < 1.29 is 14.3 Å². The maximum absolute atomic E-state index is 12.2. The number of rotatable bonds is 4. The molecule has 1 amide bonds. The van der Waals surface area contributed by atoms with E-state index in [1.807, 2.05) is 4.90 Å². The molecule has 104 valence electrons. The molecule has 5 heteroatoms. The molecule has 18 heavy (non-hydrogen) atoms. The number of methoxy groups -OCH3 is 1. The molecule has 0 radical (unpaired) electrons. The Kier molecular flexibility index (Phi) is 5.99. The number of amides is 1. The first-order chi connectivity index (χ1) is 8.47. The zero-order valence-corrected chi connectivity index (χ0v) is 12.5. The SMILES string of the molecule is COC(=O)[C@H](C)SCC(=O)N1[C@H](C)CCC[C@H]1C. The van der Waals surface area contributed by atoms with E-state index >= 15 is 0 Å². The van der Waals surface area contributed by atoms with Crippen LogP contribution in [0.3, 0.4) is 0 Å². The van der Waals surface area contributed by atoms with Crippen molar-refractivity contribution in [2.24, 2.45) is 0 Å². The van der Waals surface area contributed by atoms with Gasteiger partial charge in [-0.2, -0.15) is 0 Å². The van der Waals surface area contributed by atoms with E-state index in [-0.39, 0.29) is 17.1 Å². The van der Waals surface area contributed by atoms with Crippen molar-refractivity contribution in [2.45, 2.75) is 57.4 Å². The molecule has 1 aliphatic heterocycles. The molecule has 1 aliphatic rings. The molecule has 4 nitrogen and oxygen atoms in total. The van der Waals surface area contributed by atoms with Gasteiger partial charge in [0.25, 0.3) is 0 Å². The van der Waals surface area contributed by atoms with Gasteiger partial charge in [-0.15, -0.1) is 11.8 Å². The van der Waals surface area contributed by atoms with Crippen LogP contribution in [0.2, 0.25) is 0 Å². The highest BCUT2D eigenvalue weighted by molar-refractivity contribution is 8.01. The molecule has 0 aliphatic carbocycles. The number of hydrogen-bond donors (Lipinski definition) is 0. The lowest BCUT2D eigenvalue weighted by Crippen LogP contribution is -2.48. The van der Waals surface area contributed by atoms with E-state index in [2.05, 4.69) is 18.6 Å². The van der Waals surface area contributed by atoms with E-state index in [0.29, 0.717) is 17.8 Å². The smallest absolute Gasteiger partial charge is 0.318 e. The fourth-order valence-electron chi connectivity index (χ4n) is 2.42. The average Bonchev–Trinajstić information content (AvgIpc) is 2.34. The Bertz CT molecular complexity index is 299. The minimum atomic E-state index is -0.283. The molecule has 1 heterocycles. The number of esters is 1. The van der Waals surface area contributed by atoms with Gasteiger partial charge in [-0.05, 0) is 40.0 Å². The van der Waals surface area contributed by atoms with Crippen molar-refractivity contribution in [3.63, 3.8) is 0 Å². The van der Waals surface area contributed by atoms with Gasteiger partial charge in [0, 0.05) is 12.1 Å². The lowest BCUT2D eigenvalue weighted by molar-refractivity contribution is -0.139. The Balaban J connectivity index is 2.46. The summed E-state index contributed by atoms with van der Waals surface area (Å²) in [6.45, 7) is 5.97. The quantitative estimate of drug-likeness (QED) is 0.736. The van der Waals surface area contributed by atoms with E-state index in [9.17, 15) is 9.59 Å². The van der Waals surface area contributed by atoms with E-state index in [0.717, 1.165) is 12.8 Å². The van der Waals surface area contributed by atoms with Crippen molar-refractivity contribution in [3.8, 4) is 0 Å². The number of nitrogens with zero attached hydrogens (tertiary/aromatic N) is 1. The molecule has 1 rings (SSSR count). The Morgan fingerprint density at radius 2 is 1.89 bits per heavy atom. The van der Waals surface area contributed by atoms with Gasteiger partial charge >= 0.3 is 5.97 Å². The molecule has 0 saturated carbocycles. The van der Waals surface area contributed by atoms with Gasteiger partial charge in [0.05, 0.1) is 12.9 Å². The summed E-state index contributed by atoms with van der Waals surface area (Å²) in [6, 6.07) is 0.630. The van der Waals surface area contributed by atoms with Gasteiger partial charge in [-0.1, -0.05) is 0 Å². The Morgan fingerprint density at radius 3 is 2.39 bits per heavy atom. The van der Waals surface area contributed by atoms with Crippen LogP contribution in [0.5, 0.6) is 0 Å². The predicted octanol–water partition coefficient (Wildman–Crippen LogP) is 2.07. The van der Waals surface area contributed by atoms with Crippen LogP contribution >= 0.6 is 11.8 Å². The highest BCUT2D eigenvalue weighted by Crippen LogP contribution is 2.24. The van der Waals surface area contributed by atoms with Crippen LogP contribution in [-0.4, -0.2) is 47.0 Å². The maximum Gasteiger partial charge on any atom is 0.318 e. The van der Waals surface area contributed by atoms with Crippen molar-refractivity contribution in [3.05, 3.63) is 0 Å². The third-order valence-corrected chi connectivity index (χ3v) is 4.58. The molecule has 0 aromatic rings. The first-order valence-electron chi connectivity index (χ1n) is 6.48. The van der Waals surface area contributed by atoms with E-state index < -0.39 is 0 Å². The summed E-state index contributed by atoms with van der Waals surface area (Å²) in [7, 11) is 1.37. The summed E-state index contributed by atoms with van der Waals surface area (Å²) in [4.78, 5) is 25.4. The fourth-order valence-corrected chi connectivity index (χ4v) is 3.19. The molecule has 0 aromatic heterocycles. The Hall–Kier alpha value is -0.710. The first-order valence-corrected chi connectivity index (χ1v) is 7.52. The highest BCUT2D eigenvalue weighted by atomic mass is 32.2. The minimum Gasteiger partial charge on any atom is -0.468 e. The zero-order chi connectivity index (χ0) is 13.7. The van der Waals surface area contributed by atoms with Crippen LogP contribution < -0.4 is 0 Å². The fraction of sp³-hybridized carbons (Fsp3) is 0.846. The van der Waals surface area contributed by atoms with Crippen LogP contribution in [0, 0.1) is 0 Å². The van der Waals surface area contributed by atoms with Crippen LogP contribution in [-0.2, 0) is 14.3 Å². The lowest BCUT2D eigenvalue weighted by Gasteiger charge is -2.39. The average molecular weight is 273 g/mol. The van der Waals surface area contributed by atoms with Gasteiger partial charge < -0.3 is 9.64 Å². The third-order valence-electron chi connectivity index (χ3n) is 3.47. The van der Waals surface area contributed by atoms with Gasteiger partial charge in [0.2, 0.25) is 5.91 Å². The van der Waals surface area contributed by atoms with Crippen LogP contribution in [0.1, 0.15) is 40.0 Å². The van der Waals surface area contributed by atoms with Crippen molar-refractivity contribution in [2.75, 3.05) is 12.9 Å². The zero-order valence-electron chi connectivity index (χ0n) is 11.6. The highest BCUT2D eigenvalue weighted by Gasteiger charge is 2.29. The number of hydrogen-bond acceptors (Lipinski definition) is 4. The largest absolute Gasteiger partial charge is 0.468 e. The van der Waals surface area contributed by atoms with Crippen LogP contribution in [0.15, 0.2) is 0 Å². The predicted molar refractivity (Wildman–Crippen MR) is 73.6 cm³/mol. The molecule has 0 aromatic carbocycles. The molecular formula is C13H23NO3S. The Labute approximate surface area is 113 Å². The molecular weight excluding hydrogens is 250 g/mol. The summed E-state index contributed by atoms with van der Waals surface area (Å²) in [5, 5.41) is -0.283. The number of likely N-dealkylation sites (tertiary alicyclic amines) is 1. The molecule has 3 atom stereocenters. The Morgan fingerprint density at radius 1 is 1.33 bits per heavy atom. The maximum atomic E-state index is 12.2. The second-order valence-electron chi connectivity index (χ2n) is 4.91. The second kappa shape index (κ2) is 7.02. The molecule has 1 fully saturated rings. The van der Waals surface area contributed by atoms with Gasteiger partial charge in [-0.25, -0.2) is 0 Å². The number of thioether (sulfide) groups is 1. The summed E-state index contributed by atoms with van der Waals surface area (Å²) < 4.78 is 4.65. The topological polar surface area (TPSA) is 46.6 Å². The van der Waals surface area contributed by atoms with E-state index in [4.69, 9.17) is 0 Å². The monoisotopic (exact) mass is 273 g/mol.